The van der Waals surface area contributed by atoms with Crippen molar-refractivity contribution in [3.05, 3.63) is 35.4 Å². The van der Waals surface area contributed by atoms with E-state index in [1.165, 1.54) is 5.56 Å². The maximum atomic E-state index is 12.6. The maximum Gasteiger partial charge on any atom is 0.254 e. The van der Waals surface area contributed by atoms with Crippen molar-refractivity contribution in [2.24, 2.45) is 0 Å². The van der Waals surface area contributed by atoms with Crippen LogP contribution in [-0.2, 0) is 6.42 Å². The van der Waals surface area contributed by atoms with Gasteiger partial charge in [-0.3, -0.25) is 4.79 Å². The number of benzene rings is 1. The Morgan fingerprint density at radius 2 is 2.05 bits per heavy atom. The fourth-order valence-corrected chi connectivity index (χ4v) is 2.96. The average molecular weight is 275 g/mol. The highest BCUT2D eigenvalue weighted by Crippen LogP contribution is 2.23. The van der Waals surface area contributed by atoms with Crippen LogP contribution >= 0.6 is 0 Å². The Labute approximate surface area is 121 Å². The molecule has 1 saturated heterocycles. The SMILES string of the molecule is CCc1ccc(C(=O)N2CCCCC2CC(C)O)cc1. The second-order valence-corrected chi connectivity index (χ2v) is 5.78. The van der Waals surface area contributed by atoms with Gasteiger partial charge in [-0.15, -0.1) is 0 Å². The molecule has 1 N–H and O–H groups in total. The molecule has 2 unspecified atom stereocenters. The third kappa shape index (κ3) is 3.60. The van der Waals surface area contributed by atoms with E-state index >= 15 is 0 Å². The first-order valence-electron chi connectivity index (χ1n) is 7.69. The van der Waals surface area contributed by atoms with Gasteiger partial charge >= 0.3 is 0 Å². The maximum absolute atomic E-state index is 12.6. The van der Waals surface area contributed by atoms with E-state index in [2.05, 4.69) is 6.92 Å². The fraction of sp³-hybridized carbons (Fsp3) is 0.588. The number of carbonyl (C=O) groups is 1. The summed E-state index contributed by atoms with van der Waals surface area (Å²) in [4.78, 5) is 14.6. The number of piperidine rings is 1. The van der Waals surface area contributed by atoms with Crippen LogP contribution < -0.4 is 0 Å². The van der Waals surface area contributed by atoms with Crippen molar-refractivity contribution >= 4 is 5.91 Å². The molecule has 3 nitrogen and oxygen atoms in total. The zero-order valence-corrected chi connectivity index (χ0v) is 12.5. The lowest BCUT2D eigenvalue weighted by atomic mass is 9.96. The lowest BCUT2D eigenvalue weighted by Gasteiger charge is -2.36. The molecule has 20 heavy (non-hydrogen) atoms. The molecule has 0 radical (unpaired) electrons. The van der Waals surface area contributed by atoms with Crippen molar-refractivity contribution in [3.8, 4) is 0 Å². The lowest BCUT2D eigenvalue weighted by molar-refractivity contribution is 0.0515. The van der Waals surface area contributed by atoms with Crippen LogP contribution in [0.25, 0.3) is 0 Å². The average Bonchev–Trinajstić information content (AvgIpc) is 2.46. The van der Waals surface area contributed by atoms with Gasteiger partial charge in [0, 0.05) is 18.2 Å². The first kappa shape index (κ1) is 15.0. The van der Waals surface area contributed by atoms with Gasteiger partial charge in [0.05, 0.1) is 6.10 Å². The molecule has 0 bridgehead atoms. The second-order valence-electron chi connectivity index (χ2n) is 5.78. The Kier molecular flexibility index (Phi) is 5.18. The molecular weight excluding hydrogens is 250 g/mol. The molecule has 3 heteroatoms. The Hall–Kier alpha value is -1.35. The van der Waals surface area contributed by atoms with E-state index in [1.54, 1.807) is 6.92 Å². The number of hydrogen-bond acceptors (Lipinski definition) is 2. The molecule has 0 aliphatic carbocycles. The van der Waals surface area contributed by atoms with Crippen LogP contribution in [0.3, 0.4) is 0 Å². The monoisotopic (exact) mass is 275 g/mol. The van der Waals surface area contributed by atoms with Crippen LogP contribution in [-0.4, -0.2) is 34.6 Å². The molecular formula is C17H25NO2. The van der Waals surface area contributed by atoms with Gasteiger partial charge in [-0.05, 0) is 56.7 Å². The van der Waals surface area contributed by atoms with Crippen LogP contribution in [0.15, 0.2) is 24.3 Å². The first-order valence-corrected chi connectivity index (χ1v) is 7.69. The number of aliphatic hydroxyl groups excluding tert-OH is 1. The Morgan fingerprint density at radius 3 is 2.65 bits per heavy atom. The number of aliphatic hydroxyl groups is 1. The smallest absolute Gasteiger partial charge is 0.254 e. The quantitative estimate of drug-likeness (QED) is 0.917. The first-order chi connectivity index (χ1) is 9.61. The third-order valence-electron chi connectivity index (χ3n) is 4.11. The zero-order valence-electron chi connectivity index (χ0n) is 12.5. The van der Waals surface area contributed by atoms with E-state index in [-0.39, 0.29) is 18.1 Å². The molecule has 1 aromatic carbocycles. The molecule has 2 rings (SSSR count). The van der Waals surface area contributed by atoms with Crippen LogP contribution in [0, 0.1) is 0 Å². The number of aryl methyl sites for hydroxylation is 1. The summed E-state index contributed by atoms with van der Waals surface area (Å²) in [5.41, 5.74) is 2.01. The van der Waals surface area contributed by atoms with Crippen LogP contribution in [0.2, 0.25) is 0 Å². The van der Waals surface area contributed by atoms with Crippen molar-refractivity contribution < 1.29 is 9.90 Å². The lowest BCUT2D eigenvalue weighted by Crippen LogP contribution is -2.45. The highest BCUT2D eigenvalue weighted by Gasteiger charge is 2.28. The zero-order chi connectivity index (χ0) is 14.5. The van der Waals surface area contributed by atoms with E-state index in [0.29, 0.717) is 6.42 Å². The minimum atomic E-state index is -0.351. The van der Waals surface area contributed by atoms with Gasteiger partial charge in [0.2, 0.25) is 0 Å². The van der Waals surface area contributed by atoms with Crippen molar-refractivity contribution in [1.29, 1.82) is 0 Å². The summed E-state index contributed by atoms with van der Waals surface area (Å²) in [6, 6.07) is 8.09. The predicted molar refractivity (Wildman–Crippen MR) is 80.8 cm³/mol. The van der Waals surface area contributed by atoms with Crippen molar-refractivity contribution in [2.45, 2.75) is 58.1 Å². The molecule has 0 aromatic heterocycles. The summed E-state index contributed by atoms with van der Waals surface area (Å²) in [5, 5.41) is 9.61. The standard InChI is InChI=1S/C17H25NO2/c1-3-14-7-9-15(10-8-14)17(20)18-11-5-4-6-16(18)12-13(2)19/h7-10,13,16,19H,3-6,11-12H2,1-2H3. The summed E-state index contributed by atoms with van der Waals surface area (Å²) in [5.74, 6) is 0.109. The minimum absolute atomic E-state index is 0.109. The van der Waals surface area contributed by atoms with Crippen molar-refractivity contribution in [1.82, 2.24) is 4.90 Å². The molecule has 1 aliphatic heterocycles. The Bertz CT molecular complexity index is 439. The number of rotatable bonds is 4. The van der Waals surface area contributed by atoms with Gasteiger partial charge in [-0.1, -0.05) is 19.1 Å². The molecule has 110 valence electrons. The van der Waals surface area contributed by atoms with Gasteiger partial charge in [0.15, 0.2) is 0 Å². The van der Waals surface area contributed by atoms with Gasteiger partial charge < -0.3 is 10.0 Å². The summed E-state index contributed by atoms with van der Waals surface area (Å²) in [7, 11) is 0. The third-order valence-corrected chi connectivity index (χ3v) is 4.11. The predicted octanol–water partition coefficient (Wildman–Crippen LogP) is 3.01. The van der Waals surface area contributed by atoms with Crippen molar-refractivity contribution in [2.75, 3.05) is 6.54 Å². The van der Waals surface area contributed by atoms with Crippen LogP contribution in [0.1, 0.15) is 55.5 Å². The highest BCUT2D eigenvalue weighted by atomic mass is 16.3. The van der Waals surface area contributed by atoms with E-state index in [4.69, 9.17) is 0 Å². The topological polar surface area (TPSA) is 40.5 Å². The fourth-order valence-electron chi connectivity index (χ4n) is 2.96. The van der Waals surface area contributed by atoms with Crippen molar-refractivity contribution in [3.63, 3.8) is 0 Å². The van der Waals surface area contributed by atoms with E-state index in [1.807, 2.05) is 29.2 Å². The molecule has 1 amide bonds. The summed E-state index contributed by atoms with van der Waals surface area (Å²) in [6.45, 7) is 4.72. The summed E-state index contributed by atoms with van der Waals surface area (Å²) in [6.07, 6.45) is 4.53. The highest BCUT2D eigenvalue weighted by molar-refractivity contribution is 5.94. The summed E-state index contributed by atoms with van der Waals surface area (Å²) >= 11 is 0. The molecule has 1 aliphatic rings. The van der Waals surface area contributed by atoms with Gasteiger partial charge in [-0.2, -0.15) is 0 Å². The number of amides is 1. The van der Waals surface area contributed by atoms with E-state index in [0.717, 1.165) is 37.8 Å². The Morgan fingerprint density at radius 1 is 1.35 bits per heavy atom. The molecule has 1 heterocycles. The number of likely N-dealkylation sites (tertiary alicyclic amines) is 1. The molecule has 1 fully saturated rings. The number of carbonyl (C=O) groups excluding carboxylic acids is 1. The largest absolute Gasteiger partial charge is 0.393 e. The van der Waals surface area contributed by atoms with Crippen LogP contribution in [0.5, 0.6) is 0 Å². The van der Waals surface area contributed by atoms with E-state index in [9.17, 15) is 9.90 Å². The normalized spacial score (nSPS) is 20.8. The van der Waals surface area contributed by atoms with Gasteiger partial charge in [0.1, 0.15) is 0 Å². The number of nitrogens with zero attached hydrogens (tertiary/aromatic N) is 1. The van der Waals surface area contributed by atoms with E-state index < -0.39 is 0 Å². The van der Waals surface area contributed by atoms with Crippen LogP contribution in [0.4, 0.5) is 0 Å². The second kappa shape index (κ2) is 6.89. The molecule has 0 saturated carbocycles. The van der Waals surface area contributed by atoms with Gasteiger partial charge in [-0.25, -0.2) is 0 Å². The Balaban J connectivity index is 2.11. The summed E-state index contributed by atoms with van der Waals surface area (Å²) < 4.78 is 0. The molecule has 2 atom stereocenters. The molecule has 0 spiro atoms. The number of hydrogen-bond donors (Lipinski definition) is 1. The minimum Gasteiger partial charge on any atom is -0.393 e. The van der Waals surface area contributed by atoms with Gasteiger partial charge in [0.25, 0.3) is 5.91 Å². The molecule has 1 aromatic rings.